The third kappa shape index (κ3) is 4.36. The molecule has 0 aliphatic rings. The van der Waals surface area contributed by atoms with E-state index in [0.717, 1.165) is 0 Å². The zero-order chi connectivity index (χ0) is 14.5. The molecule has 1 unspecified atom stereocenters. The van der Waals surface area contributed by atoms with Gasteiger partial charge in [-0.25, -0.2) is 4.98 Å². The number of hydrogen-bond acceptors (Lipinski definition) is 6. The van der Waals surface area contributed by atoms with Gasteiger partial charge in [-0.2, -0.15) is 0 Å². The van der Waals surface area contributed by atoms with Crippen LogP contribution in [0.2, 0.25) is 0 Å². The molecule has 0 radical (unpaired) electrons. The minimum absolute atomic E-state index is 0.103. The highest BCUT2D eigenvalue weighted by Gasteiger charge is 2.21. The van der Waals surface area contributed by atoms with Crippen molar-refractivity contribution < 1.29 is 10.0 Å². The molecule has 1 heterocycles. The van der Waals surface area contributed by atoms with Crippen molar-refractivity contribution in [1.29, 1.82) is 0 Å². The van der Waals surface area contributed by atoms with Gasteiger partial charge in [0.25, 0.3) is 0 Å². The molecule has 0 aliphatic heterocycles. The van der Waals surface area contributed by atoms with E-state index in [1.54, 1.807) is 13.0 Å². The van der Waals surface area contributed by atoms with E-state index in [9.17, 15) is 15.2 Å². The van der Waals surface area contributed by atoms with E-state index < -0.39 is 10.5 Å². The van der Waals surface area contributed by atoms with Crippen LogP contribution in [0.5, 0.6) is 0 Å². The van der Waals surface area contributed by atoms with Crippen LogP contribution in [0.15, 0.2) is 12.1 Å². The van der Waals surface area contributed by atoms with Gasteiger partial charge in [-0.3, -0.25) is 10.1 Å². The molecule has 0 bridgehead atoms. The Hall–Kier alpha value is -1.89. The van der Waals surface area contributed by atoms with Gasteiger partial charge in [0.2, 0.25) is 5.82 Å². The summed E-state index contributed by atoms with van der Waals surface area (Å²) >= 11 is 0. The molecule has 7 heteroatoms. The maximum absolute atomic E-state index is 10.9. The number of aromatic nitrogens is 1. The monoisotopic (exact) mass is 268 g/mol. The van der Waals surface area contributed by atoms with E-state index in [-0.39, 0.29) is 18.1 Å². The number of anilines is 2. The van der Waals surface area contributed by atoms with E-state index in [4.69, 9.17) is 0 Å². The average Bonchev–Trinajstić information content (AvgIpc) is 2.37. The number of nitro groups is 1. The highest BCUT2D eigenvalue weighted by molar-refractivity contribution is 5.60. The first-order valence-electron chi connectivity index (χ1n) is 6.25. The summed E-state index contributed by atoms with van der Waals surface area (Å²) in [5, 5.41) is 26.7. The molecule has 1 aromatic heterocycles. The third-order valence-corrected chi connectivity index (χ3v) is 2.83. The Bertz CT molecular complexity index is 449. The zero-order valence-electron chi connectivity index (χ0n) is 11.4. The molecule has 1 rings (SSSR count). The lowest BCUT2D eigenvalue weighted by atomic mass is 10.0. The second kappa shape index (κ2) is 6.33. The molecule has 0 aliphatic carbocycles. The summed E-state index contributed by atoms with van der Waals surface area (Å²) in [7, 11) is 0. The quantitative estimate of drug-likeness (QED) is 0.516. The van der Waals surface area contributed by atoms with Crippen LogP contribution in [0.3, 0.4) is 0 Å². The van der Waals surface area contributed by atoms with Crippen LogP contribution < -0.4 is 10.6 Å². The molecular formula is C12H20N4O3. The third-order valence-electron chi connectivity index (χ3n) is 2.83. The Balaban J connectivity index is 2.94. The van der Waals surface area contributed by atoms with Gasteiger partial charge in [0.05, 0.1) is 10.5 Å². The molecule has 3 N–H and O–H groups in total. The molecule has 0 aromatic carbocycles. The average molecular weight is 268 g/mol. The summed E-state index contributed by atoms with van der Waals surface area (Å²) in [5.74, 6) is 0.726. The molecule has 0 fully saturated rings. The molecule has 19 heavy (non-hydrogen) atoms. The topological polar surface area (TPSA) is 100 Å². The molecule has 7 nitrogen and oxygen atoms in total. The second-order valence-corrected chi connectivity index (χ2v) is 4.56. The largest absolute Gasteiger partial charge is 0.388 e. The van der Waals surface area contributed by atoms with Crippen molar-refractivity contribution in [3.8, 4) is 0 Å². The van der Waals surface area contributed by atoms with Gasteiger partial charge in [-0.05, 0) is 26.3 Å². The van der Waals surface area contributed by atoms with Crippen molar-refractivity contribution in [2.45, 2.75) is 32.8 Å². The van der Waals surface area contributed by atoms with Gasteiger partial charge in [-0.15, -0.1) is 0 Å². The summed E-state index contributed by atoms with van der Waals surface area (Å²) < 4.78 is 0. The first kappa shape index (κ1) is 15.2. The minimum atomic E-state index is -0.927. The maximum Gasteiger partial charge on any atom is 0.311 e. The Kier molecular flexibility index (Phi) is 5.05. The zero-order valence-corrected chi connectivity index (χ0v) is 11.4. The SMILES string of the molecule is CCNc1ccc([N+](=O)[O-])c(NCC(C)(O)CC)n1. The Morgan fingerprint density at radius 2 is 2.11 bits per heavy atom. The van der Waals surface area contributed by atoms with Gasteiger partial charge in [0.15, 0.2) is 0 Å². The fraction of sp³-hybridized carbons (Fsp3) is 0.583. The van der Waals surface area contributed by atoms with Crippen LogP contribution >= 0.6 is 0 Å². The van der Waals surface area contributed by atoms with E-state index in [1.807, 2.05) is 13.8 Å². The first-order valence-corrected chi connectivity index (χ1v) is 6.25. The highest BCUT2D eigenvalue weighted by Crippen LogP contribution is 2.24. The number of rotatable bonds is 7. The van der Waals surface area contributed by atoms with Crippen LogP contribution in [-0.2, 0) is 0 Å². The van der Waals surface area contributed by atoms with E-state index >= 15 is 0 Å². The van der Waals surface area contributed by atoms with Gasteiger partial charge in [0, 0.05) is 19.2 Å². The van der Waals surface area contributed by atoms with E-state index in [2.05, 4.69) is 15.6 Å². The van der Waals surface area contributed by atoms with Gasteiger partial charge in [0.1, 0.15) is 5.82 Å². The number of pyridine rings is 1. The summed E-state index contributed by atoms with van der Waals surface area (Å²) in [5.41, 5.74) is -1.03. The van der Waals surface area contributed by atoms with Crippen LogP contribution in [0.1, 0.15) is 27.2 Å². The van der Waals surface area contributed by atoms with E-state index in [0.29, 0.717) is 18.8 Å². The fourth-order valence-corrected chi connectivity index (χ4v) is 1.41. The number of aliphatic hydroxyl groups is 1. The van der Waals surface area contributed by atoms with Crippen molar-refractivity contribution in [3.05, 3.63) is 22.2 Å². The van der Waals surface area contributed by atoms with E-state index in [1.165, 1.54) is 6.07 Å². The lowest BCUT2D eigenvalue weighted by Crippen LogP contribution is -2.32. The molecule has 0 spiro atoms. The number of nitrogens with one attached hydrogen (secondary N) is 2. The normalized spacial score (nSPS) is 13.7. The number of hydrogen-bond donors (Lipinski definition) is 3. The Morgan fingerprint density at radius 3 is 2.63 bits per heavy atom. The molecule has 0 saturated heterocycles. The van der Waals surface area contributed by atoms with Crippen LogP contribution in [-0.4, -0.2) is 33.7 Å². The summed E-state index contributed by atoms with van der Waals surface area (Å²) in [6.07, 6.45) is 0.542. The van der Waals surface area contributed by atoms with Crippen molar-refractivity contribution >= 4 is 17.3 Å². The summed E-state index contributed by atoms with van der Waals surface area (Å²) in [6.45, 7) is 6.31. The highest BCUT2D eigenvalue weighted by atomic mass is 16.6. The summed E-state index contributed by atoms with van der Waals surface area (Å²) in [6, 6.07) is 2.96. The fourth-order valence-electron chi connectivity index (χ4n) is 1.41. The number of nitrogens with zero attached hydrogens (tertiary/aromatic N) is 2. The first-order chi connectivity index (χ1) is 8.89. The maximum atomic E-state index is 10.9. The summed E-state index contributed by atoms with van der Waals surface area (Å²) in [4.78, 5) is 14.6. The Morgan fingerprint density at radius 1 is 1.42 bits per heavy atom. The second-order valence-electron chi connectivity index (χ2n) is 4.56. The van der Waals surface area contributed by atoms with Gasteiger partial charge >= 0.3 is 5.69 Å². The predicted molar refractivity (Wildman–Crippen MR) is 74.5 cm³/mol. The lowest BCUT2D eigenvalue weighted by Gasteiger charge is -2.21. The van der Waals surface area contributed by atoms with Crippen molar-refractivity contribution in [2.75, 3.05) is 23.7 Å². The molecule has 0 amide bonds. The molecule has 1 atom stereocenters. The van der Waals surface area contributed by atoms with Crippen molar-refractivity contribution in [2.24, 2.45) is 0 Å². The molecule has 106 valence electrons. The van der Waals surface area contributed by atoms with Gasteiger partial charge < -0.3 is 15.7 Å². The van der Waals surface area contributed by atoms with Crippen molar-refractivity contribution in [3.63, 3.8) is 0 Å². The molecular weight excluding hydrogens is 248 g/mol. The van der Waals surface area contributed by atoms with Crippen LogP contribution in [0.25, 0.3) is 0 Å². The van der Waals surface area contributed by atoms with Crippen molar-refractivity contribution in [1.82, 2.24) is 4.98 Å². The minimum Gasteiger partial charge on any atom is -0.388 e. The van der Waals surface area contributed by atoms with Crippen LogP contribution in [0, 0.1) is 10.1 Å². The molecule has 1 aromatic rings. The smallest absolute Gasteiger partial charge is 0.311 e. The standard InChI is InChI=1S/C12H20N4O3/c1-4-12(3,17)8-14-11-9(16(18)19)6-7-10(15-11)13-5-2/h6-7,17H,4-5,8H2,1-3H3,(H2,13,14,15). The molecule has 0 saturated carbocycles. The van der Waals surface area contributed by atoms with Crippen LogP contribution in [0.4, 0.5) is 17.3 Å². The predicted octanol–water partition coefficient (Wildman–Crippen LogP) is 1.99. The Labute approximate surface area is 112 Å². The van der Waals surface area contributed by atoms with Gasteiger partial charge in [-0.1, -0.05) is 6.92 Å². The lowest BCUT2D eigenvalue weighted by molar-refractivity contribution is -0.384.